The maximum Gasteiger partial charge on any atom is 0.320 e. The molecule has 3 N–H and O–H groups in total. The van der Waals surface area contributed by atoms with E-state index in [0.717, 1.165) is 42.5 Å². The number of aliphatic hydroxyl groups is 1. The fourth-order valence-corrected chi connectivity index (χ4v) is 3.18. The lowest BCUT2D eigenvalue weighted by Gasteiger charge is -2.28. The zero-order valence-electron chi connectivity index (χ0n) is 14.1. The Morgan fingerprint density at radius 1 is 1.29 bits per heavy atom. The number of nitrogens with zero attached hydrogens (tertiary/aromatic N) is 2. The van der Waals surface area contributed by atoms with Gasteiger partial charge in [-0.15, -0.1) is 0 Å². The van der Waals surface area contributed by atoms with Crippen molar-refractivity contribution in [2.75, 3.05) is 5.32 Å². The lowest BCUT2D eigenvalue weighted by atomic mass is 9.93. The quantitative estimate of drug-likeness (QED) is 0.810. The predicted octanol–water partition coefficient (Wildman–Crippen LogP) is 2.82. The Bertz CT molecular complexity index is 726. The van der Waals surface area contributed by atoms with Gasteiger partial charge in [0.05, 0.1) is 17.8 Å². The maximum absolute atomic E-state index is 12.2. The number of aliphatic hydroxyl groups excluding tert-OH is 1. The highest BCUT2D eigenvalue weighted by Crippen LogP contribution is 2.24. The van der Waals surface area contributed by atoms with Crippen LogP contribution in [0.2, 0.25) is 0 Å². The van der Waals surface area contributed by atoms with E-state index in [1.165, 1.54) is 0 Å². The molecular formula is C18H24N4O2. The van der Waals surface area contributed by atoms with Crippen LogP contribution in [0.3, 0.4) is 0 Å². The number of amides is 2. The molecule has 2 amide bonds. The van der Waals surface area contributed by atoms with E-state index in [9.17, 15) is 9.90 Å². The van der Waals surface area contributed by atoms with Crippen molar-refractivity contribution in [2.24, 2.45) is 7.05 Å². The summed E-state index contributed by atoms with van der Waals surface area (Å²) in [6, 6.07) is 9.39. The molecule has 3 rings (SSSR count). The first-order chi connectivity index (χ1) is 11.5. The van der Waals surface area contributed by atoms with Crippen LogP contribution >= 0.6 is 0 Å². The van der Waals surface area contributed by atoms with Crippen molar-refractivity contribution in [2.45, 2.75) is 44.8 Å². The van der Waals surface area contributed by atoms with Gasteiger partial charge in [-0.1, -0.05) is 37.1 Å². The minimum Gasteiger partial charge on any atom is -0.391 e. The Hall–Kier alpha value is -2.34. The Morgan fingerprint density at radius 2 is 2.04 bits per heavy atom. The summed E-state index contributed by atoms with van der Waals surface area (Å²) < 4.78 is 1.65. The third kappa shape index (κ3) is 3.59. The first-order valence-electron chi connectivity index (χ1n) is 8.40. The topological polar surface area (TPSA) is 79.2 Å². The van der Waals surface area contributed by atoms with Crippen molar-refractivity contribution in [1.29, 1.82) is 0 Å². The van der Waals surface area contributed by atoms with Gasteiger partial charge in [-0.05, 0) is 25.3 Å². The fourth-order valence-electron chi connectivity index (χ4n) is 3.18. The second kappa shape index (κ2) is 7.05. The number of hydrogen-bond acceptors (Lipinski definition) is 3. The van der Waals surface area contributed by atoms with Crippen molar-refractivity contribution in [3.05, 3.63) is 35.9 Å². The summed E-state index contributed by atoms with van der Waals surface area (Å²) >= 11 is 0. The average Bonchev–Trinajstić information content (AvgIpc) is 2.90. The number of carbonyl (C=O) groups excluding carboxylic acids is 1. The van der Waals surface area contributed by atoms with Crippen molar-refractivity contribution in [3.8, 4) is 11.3 Å². The van der Waals surface area contributed by atoms with Crippen LogP contribution in [0.15, 0.2) is 30.3 Å². The molecule has 0 aliphatic heterocycles. The van der Waals surface area contributed by atoms with Gasteiger partial charge in [-0.3, -0.25) is 10.00 Å². The third-order valence-electron chi connectivity index (χ3n) is 4.59. The summed E-state index contributed by atoms with van der Waals surface area (Å²) in [4.78, 5) is 12.2. The lowest BCUT2D eigenvalue weighted by Crippen LogP contribution is -2.46. The summed E-state index contributed by atoms with van der Waals surface area (Å²) in [6.07, 6.45) is 3.15. The van der Waals surface area contributed by atoms with Crippen molar-refractivity contribution < 1.29 is 9.90 Å². The minimum absolute atomic E-state index is 0.178. The molecule has 128 valence electrons. The Balaban J connectivity index is 1.69. The van der Waals surface area contributed by atoms with Gasteiger partial charge in [-0.2, -0.15) is 5.10 Å². The molecule has 2 aromatic rings. The molecule has 2 unspecified atom stereocenters. The predicted molar refractivity (Wildman–Crippen MR) is 93.8 cm³/mol. The molecule has 0 bridgehead atoms. The first-order valence-corrected chi connectivity index (χ1v) is 8.40. The highest BCUT2D eigenvalue weighted by atomic mass is 16.3. The van der Waals surface area contributed by atoms with Crippen LogP contribution in [0, 0.1) is 6.92 Å². The normalized spacial score (nSPS) is 20.6. The Morgan fingerprint density at radius 3 is 2.79 bits per heavy atom. The number of rotatable bonds is 3. The SMILES string of the molecule is Cc1ccccc1-c1cc(NC(=O)NC2CCCCC2O)n(C)n1. The van der Waals surface area contributed by atoms with E-state index in [-0.39, 0.29) is 12.1 Å². The fraction of sp³-hybridized carbons (Fsp3) is 0.444. The zero-order valence-corrected chi connectivity index (χ0v) is 14.1. The van der Waals surface area contributed by atoms with E-state index in [4.69, 9.17) is 0 Å². The molecule has 1 aromatic heterocycles. The summed E-state index contributed by atoms with van der Waals surface area (Å²) in [6.45, 7) is 2.04. The molecular weight excluding hydrogens is 304 g/mol. The van der Waals surface area contributed by atoms with E-state index in [0.29, 0.717) is 5.82 Å². The zero-order chi connectivity index (χ0) is 17.1. The smallest absolute Gasteiger partial charge is 0.320 e. The molecule has 0 spiro atoms. The van der Waals surface area contributed by atoms with E-state index >= 15 is 0 Å². The van der Waals surface area contributed by atoms with Crippen molar-refractivity contribution >= 4 is 11.8 Å². The molecule has 1 aromatic carbocycles. The van der Waals surface area contributed by atoms with E-state index in [1.54, 1.807) is 11.7 Å². The molecule has 1 fully saturated rings. The van der Waals surface area contributed by atoms with Crippen LogP contribution in [0.5, 0.6) is 0 Å². The van der Waals surface area contributed by atoms with Crippen LogP contribution in [-0.4, -0.2) is 33.1 Å². The van der Waals surface area contributed by atoms with Gasteiger partial charge in [0.1, 0.15) is 5.82 Å². The van der Waals surface area contributed by atoms with Gasteiger partial charge in [0, 0.05) is 18.7 Å². The number of aromatic nitrogens is 2. The van der Waals surface area contributed by atoms with Gasteiger partial charge in [0.2, 0.25) is 0 Å². The van der Waals surface area contributed by atoms with Gasteiger partial charge in [0.25, 0.3) is 0 Å². The number of urea groups is 1. The van der Waals surface area contributed by atoms with E-state index in [1.807, 2.05) is 37.3 Å². The standard InChI is InChI=1S/C18H24N4O2/c1-12-7-3-4-8-13(12)15-11-17(22(2)21-15)20-18(24)19-14-9-5-6-10-16(14)23/h3-4,7-8,11,14,16,23H,5-6,9-10H2,1-2H3,(H2,19,20,24). The minimum atomic E-state index is -0.460. The van der Waals surface area contributed by atoms with Crippen LogP contribution in [0.4, 0.5) is 10.6 Å². The number of benzene rings is 1. The number of anilines is 1. The molecule has 1 aliphatic carbocycles. The highest BCUT2D eigenvalue weighted by Gasteiger charge is 2.24. The average molecular weight is 328 g/mol. The number of hydrogen-bond donors (Lipinski definition) is 3. The first kappa shape index (κ1) is 16.5. The lowest BCUT2D eigenvalue weighted by molar-refractivity contribution is 0.0955. The monoisotopic (exact) mass is 328 g/mol. The second-order valence-electron chi connectivity index (χ2n) is 6.41. The Labute approximate surface area is 141 Å². The van der Waals surface area contributed by atoms with E-state index in [2.05, 4.69) is 15.7 Å². The summed E-state index contributed by atoms with van der Waals surface area (Å²) in [7, 11) is 1.80. The third-order valence-corrected chi connectivity index (χ3v) is 4.59. The molecule has 0 saturated heterocycles. The molecule has 1 saturated carbocycles. The van der Waals surface area contributed by atoms with Gasteiger partial charge < -0.3 is 10.4 Å². The number of aryl methyl sites for hydroxylation is 2. The summed E-state index contributed by atoms with van der Waals surface area (Å²) in [5.74, 6) is 0.621. The van der Waals surface area contributed by atoms with E-state index < -0.39 is 6.10 Å². The molecule has 24 heavy (non-hydrogen) atoms. The van der Waals surface area contributed by atoms with Crippen LogP contribution in [0.25, 0.3) is 11.3 Å². The van der Waals surface area contributed by atoms with Gasteiger partial charge in [-0.25, -0.2) is 4.79 Å². The largest absolute Gasteiger partial charge is 0.391 e. The van der Waals surface area contributed by atoms with Crippen molar-refractivity contribution in [3.63, 3.8) is 0 Å². The molecule has 6 heteroatoms. The number of nitrogens with one attached hydrogen (secondary N) is 2. The molecule has 1 heterocycles. The number of carbonyl (C=O) groups is 1. The molecule has 0 radical (unpaired) electrons. The highest BCUT2D eigenvalue weighted by molar-refractivity contribution is 5.89. The van der Waals surface area contributed by atoms with Crippen LogP contribution in [0.1, 0.15) is 31.2 Å². The van der Waals surface area contributed by atoms with Crippen LogP contribution in [-0.2, 0) is 7.05 Å². The summed E-state index contributed by atoms with van der Waals surface area (Å²) in [5, 5.41) is 20.1. The summed E-state index contributed by atoms with van der Waals surface area (Å²) in [5.41, 5.74) is 3.00. The molecule has 2 atom stereocenters. The molecule has 6 nitrogen and oxygen atoms in total. The molecule has 1 aliphatic rings. The van der Waals surface area contributed by atoms with Crippen molar-refractivity contribution in [1.82, 2.24) is 15.1 Å². The maximum atomic E-state index is 12.2. The van der Waals surface area contributed by atoms with Gasteiger partial charge >= 0.3 is 6.03 Å². The van der Waals surface area contributed by atoms with Crippen LogP contribution < -0.4 is 10.6 Å². The second-order valence-corrected chi connectivity index (χ2v) is 6.41. The van der Waals surface area contributed by atoms with Gasteiger partial charge in [0.15, 0.2) is 0 Å². The Kier molecular flexibility index (Phi) is 4.85.